The maximum absolute atomic E-state index is 12.2. The summed E-state index contributed by atoms with van der Waals surface area (Å²) in [7, 11) is 1.61. The van der Waals surface area contributed by atoms with Crippen LogP contribution in [0, 0.1) is 13.8 Å². The van der Waals surface area contributed by atoms with Gasteiger partial charge in [0.2, 0.25) is 11.8 Å². The predicted octanol–water partition coefficient (Wildman–Crippen LogP) is 4.73. The minimum Gasteiger partial charge on any atom is -0.497 e. The number of amides is 1. The average molecular weight is 441 g/mol. The normalized spacial score (nSPS) is 10.9. The number of hydrogen-bond acceptors (Lipinski definition) is 6. The highest BCUT2D eigenvalue weighted by Gasteiger charge is 2.08. The Balaban J connectivity index is 1.37. The van der Waals surface area contributed by atoms with Crippen LogP contribution < -0.4 is 14.8 Å². The Morgan fingerprint density at radius 2 is 1.70 bits per heavy atom. The van der Waals surface area contributed by atoms with Crippen molar-refractivity contribution in [3.63, 3.8) is 0 Å². The number of nitrogens with zero attached hydrogens (tertiary/aromatic N) is 4. The maximum Gasteiger partial charge on any atom is 0.248 e. The van der Waals surface area contributed by atoms with Gasteiger partial charge in [0.25, 0.3) is 0 Å². The van der Waals surface area contributed by atoms with Gasteiger partial charge in [0.15, 0.2) is 5.82 Å². The minimum atomic E-state index is -0.232. The van der Waals surface area contributed by atoms with E-state index in [1.165, 1.54) is 12.4 Å². The molecule has 0 saturated carbocycles. The molecule has 8 heteroatoms. The lowest BCUT2D eigenvalue weighted by atomic mass is 10.2. The van der Waals surface area contributed by atoms with Gasteiger partial charge in [0.05, 0.1) is 12.8 Å². The van der Waals surface area contributed by atoms with Crippen LogP contribution in [0.25, 0.3) is 11.9 Å². The number of rotatable bonds is 7. The van der Waals surface area contributed by atoms with Crippen LogP contribution >= 0.6 is 0 Å². The van der Waals surface area contributed by atoms with Gasteiger partial charge in [0.1, 0.15) is 17.8 Å². The highest BCUT2D eigenvalue weighted by molar-refractivity contribution is 6.01. The molecule has 8 nitrogen and oxygen atoms in total. The first-order chi connectivity index (χ1) is 16.0. The first-order valence-electron chi connectivity index (χ1n) is 10.3. The summed E-state index contributed by atoms with van der Waals surface area (Å²) in [5.74, 6) is 2.14. The summed E-state index contributed by atoms with van der Waals surface area (Å²) in [5, 5.41) is 7.25. The Labute approximate surface area is 191 Å². The first kappa shape index (κ1) is 21.8. The van der Waals surface area contributed by atoms with Crippen LogP contribution in [0.1, 0.15) is 17.0 Å². The van der Waals surface area contributed by atoms with E-state index in [2.05, 4.69) is 20.4 Å². The van der Waals surface area contributed by atoms with Crippen molar-refractivity contribution in [1.82, 2.24) is 19.7 Å². The van der Waals surface area contributed by atoms with Crippen LogP contribution in [-0.4, -0.2) is 32.8 Å². The zero-order valence-corrected chi connectivity index (χ0v) is 18.5. The number of carbonyl (C=O) groups is 1. The third kappa shape index (κ3) is 5.62. The Morgan fingerprint density at radius 1 is 0.970 bits per heavy atom. The zero-order chi connectivity index (χ0) is 23.2. The SMILES string of the molecule is COc1ccc(/C=C/C(=O)Nc2ccc(Oc3cc(-n4nc(C)cc4C)ncn3)cc2)cc1. The van der Waals surface area contributed by atoms with Crippen LogP contribution in [0.2, 0.25) is 0 Å². The summed E-state index contributed by atoms with van der Waals surface area (Å²) in [4.78, 5) is 20.6. The molecule has 0 spiro atoms. The molecule has 0 atom stereocenters. The molecule has 2 aromatic heterocycles. The second-order valence-corrected chi connectivity index (χ2v) is 7.28. The molecule has 0 radical (unpaired) electrons. The number of aromatic nitrogens is 4. The molecule has 2 heterocycles. The summed E-state index contributed by atoms with van der Waals surface area (Å²) in [5.41, 5.74) is 3.43. The van der Waals surface area contributed by atoms with Crippen LogP contribution in [-0.2, 0) is 4.79 Å². The van der Waals surface area contributed by atoms with Gasteiger partial charge in [-0.1, -0.05) is 12.1 Å². The second kappa shape index (κ2) is 9.78. The monoisotopic (exact) mass is 441 g/mol. The largest absolute Gasteiger partial charge is 0.497 e. The number of methoxy groups -OCH3 is 1. The number of aryl methyl sites for hydroxylation is 2. The molecule has 0 aliphatic rings. The van der Waals surface area contributed by atoms with Gasteiger partial charge in [-0.15, -0.1) is 0 Å². The van der Waals surface area contributed by atoms with Gasteiger partial charge in [0, 0.05) is 23.5 Å². The van der Waals surface area contributed by atoms with Crippen molar-refractivity contribution in [2.75, 3.05) is 12.4 Å². The summed E-state index contributed by atoms with van der Waals surface area (Å²) in [6.07, 6.45) is 4.65. The van der Waals surface area contributed by atoms with Crippen molar-refractivity contribution < 1.29 is 14.3 Å². The van der Waals surface area contributed by atoms with Crippen molar-refractivity contribution in [3.05, 3.63) is 90.0 Å². The van der Waals surface area contributed by atoms with E-state index >= 15 is 0 Å². The van der Waals surface area contributed by atoms with E-state index in [-0.39, 0.29) is 5.91 Å². The summed E-state index contributed by atoms with van der Waals surface area (Å²) in [6, 6.07) is 18.2. The number of benzene rings is 2. The maximum atomic E-state index is 12.2. The third-order valence-electron chi connectivity index (χ3n) is 4.74. The van der Waals surface area contributed by atoms with Gasteiger partial charge in [-0.05, 0) is 68.0 Å². The quantitative estimate of drug-likeness (QED) is 0.417. The van der Waals surface area contributed by atoms with Gasteiger partial charge in [-0.2, -0.15) is 5.10 Å². The number of carbonyl (C=O) groups excluding carboxylic acids is 1. The third-order valence-corrected chi connectivity index (χ3v) is 4.74. The number of nitrogens with one attached hydrogen (secondary N) is 1. The molecule has 166 valence electrons. The van der Waals surface area contributed by atoms with Crippen molar-refractivity contribution in [3.8, 4) is 23.2 Å². The molecule has 0 bridgehead atoms. The molecule has 33 heavy (non-hydrogen) atoms. The molecule has 0 fully saturated rings. The Hall–Kier alpha value is -4.46. The molecule has 0 aliphatic carbocycles. The van der Waals surface area contributed by atoms with Crippen LogP contribution in [0.5, 0.6) is 17.4 Å². The van der Waals surface area contributed by atoms with E-state index in [1.54, 1.807) is 48.2 Å². The van der Waals surface area contributed by atoms with E-state index in [1.807, 2.05) is 44.2 Å². The fourth-order valence-corrected chi connectivity index (χ4v) is 3.16. The molecule has 1 amide bonds. The lowest BCUT2D eigenvalue weighted by Gasteiger charge is -2.08. The highest BCUT2D eigenvalue weighted by Crippen LogP contribution is 2.23. The Bertz CT molecular complexity index is 1280. The summed E-state index contributed by atoms with van der Waals surface area (Å²) in [6.45, 7) is 3.89. The molecule has 0 unspecified atom stereocenters. The van der Waals surface area contributed by atoms with Crippen LogP contribution in [0.3, 0.4) is 0 Å². The first-order valence-corrected chi connectivity index (χ1v) is 10.3. The van der Waals surface area contributed by atoms with Crippen molar-refractivity contribution in [2.24, 2.45) is 0 Å². The molecule has 2 aromatic carbocycles. The Morgan fingerprint density at radius 3 is 2.36 bits per heavy atom. The van der Waals surface area contributed by atoms with Gasteiger partial charge in [-0.25, -0.2) is 14.6 Å². The number of ether oxygens (including phenoxy) is 2. The minimum absolute atomic E-state index is 0.232. The lowest BCUT2D eigenvalue weighted by molar-refractivity contribution is -0.111. The smallest absolute Gasteiger partial charge is 0.248 e. The van der Waals surface area contributed by atoms with E-state index in [0.717, 1.165) is 22.7 Å². The van der Waals surface area contributed by atoms with Crippen molar-refractivity contribution in [1.29, 1.82) is 0 Å². The van der Waals surface area contributed by atoms with Gasteiger partial charge in [-0.3, -0.25) is 4.79 Å². The van der Waals surface area contributed by atoms with E-state index < -0.39 is 0 Å². The van der Waals surface area contributed by atoms with E-state index in [0.29, 0.717) is 23.1 Å². The standard InChI is InChI=1S/C25H23N5O3/c1-17-14-18(2)30(29-17)23-15-25(27-16-26-23)33-22-11-7-20(8-12-22)28-24(31)13-6-19-4-9-21(32-3)10-5-19/h4-16H,1-3H3,(H,28,31)/b13-6+. The van der Waals surface area contributed by atoms with E-state index in [4.69, 9.17) is 9.47 Å². The average Bonchev–Trinajstić information content (AvgIpc) is 3.17. The summed E-state index contributed by atoms with van der Waals surface area (Å²) < 4.78 is 12.7. The molecular weight excluding hydrogens is 418 g/mol. The molecular formula is C25H23N5O3. The van der Waals surface area contributed by atoms with Crippen molar-refractivity contribution in [2.45, 2.75) is 13.8 Å². The summed E-state index contributed by atoms with van der Waals surface area (Å²) >= 11 is 0. The topological polar surface area (TPSA) is 91.2 Å². The molecule has 4 aromatic rings. The molecule has 0 aliphatic heterocycles. The van der Waals surface area contributed by atoms with Crippen molar-refractivity contribution >= 4 is 17.7 Å². The fraction of sp³-hybridized carbons (Fsp3) is 0.120. The van der Waals surface area contributed by atoms with Gasteiger partial charge >= 0.3 is 0 Å². The number of anilines is 1. The fourth-order valence-electron chi connectivity index (χ4n) is 3.16. The highest BCUT2D eigenvalue weighted by atomic mass is 16.5. The molecule has 1 N–H and O–H groups in total. The van der Waals surface area contributed by atoms with Crippen LogP contribution in [0.15, 0.2) is 73.1 Å². The predicted molar refractivity (Wildman–Crippen MR) is 126 cm³/mol. The molecule has 0 saturated heterocycles. The molecule has 4 rings (SSSR count). The van der Waals surface area contributed by atoms with Gasteiger partial charge < -0.3 is 14.8 Å². The van der Waals surface area contributed by atoms with Crippen LogP contribution in [0.4, 0.5) is 5.69 Å². The second-order valence-electron chi connectivity index (χ2n) is 7.28. The lowest BCUT2D eigenvalue weighted by Crippen LogP contribution is -2.07. The van der Waals surface area contributed by atoms with E-state index in [9.17, 15) is 4.79 Å². The zero-order valence-electron chi connectivity index (χ0n) is 18.5. The number of hydrogen-bond donors (Lipinski definition) is 1. The Kier molecular flexibility index (Phi) is 6.45.